The predicted molar refractivity (Wildman–Crippen MR) is 63.7 cm³/mol. The largest absolute Gasteiger partial charge is 0.392 e. The molecule has 1 N–H and O–H groups in total. The van der Waals surface area contributed by atoms with E-state index in [2.05, 4.69) is 6.58 Å². The molecule has 0 aliphatic rings. The van der Waals surface area contributed by atoms with Gasteiger partial charge in [-0.1, -0.05) is 36.4 Å². The molecule has 0 bridgehead atoms. The van der Waals surface area contributed by atoms with Crippen LogP contribution in [0, 0.1) is 0 Å². The van der Waals surface area contributed by atoms with Crippen molar-refractivity contribution in [2.75, 3.05) is 11.5 Å². The second kappa shape index (κ2) is 6.68. The quantitative estimate of drug-likeness (QED) is 0.572. The summed E-state index contributed by atoms with van der Waals surface area (Å²) >= 11 is 1.71. The average molecular weight is 208 g/mol. The van der Waals surface area contributed by atoms with Crippen molar-refractivity contribution < 1.29 is 5.11 Å². The van der Waals surface area contributed by atoms with Crippen molar-refractivity contribution in [1.82, 2.24) is 0 Å². The van der Waals surface area contributed by atoms with Crippen LogP contribution in [0.15, 0.2) is 43.0 Å². The number of hydrogen-bond acceptors (Lipinski definition) is 2. The van der Waals surface area contributed by atoms with Crippen molar-refractivity contribution in [2.24, 2.45) is 0 Å². The third-order valence-corrected chi connectivity index (χ3v) is 2.95. The lowest BCUT2D eigenvalue weighted by molar-refractivity contribution is 0.200. The minimum Gasteiger partial charge on any atom is -0.392 e. The Kier molecular flexibility index (Phi) is 5.42. The highest BCUT2D eigenvalue weighted by Gasteiger charge is 2.04. The van der Waals surface area contributed by atoms with E-state index < -0.39 is 0 Å². The molecular weight excluding hydrogens is 192 g/mol. The number of thioether (sulfide) groups is 1. The SMILES string of the molecule is C=CCSCC(O)Cc1ccccc1. The Morgan fingerprint density at radius 3 is 2.71 bits per heavy atom. The first-order valence-corrected chi connectivity index (χ1v) is 5.89. The van der Waals surface area contributed by atoms with E-state index in [0.29, 0.717) is 0 Å². The summed E-state index contributed by atoms with van der Waals surface area (Å²) in [6, 6.07) is 10.1. The summed E-state index contributed by atoms with van der Waals surface area (Å²) < 4.78 is 0. The fourth-order valence-corrected chi connectivity index (χ4v) is 1.93. The summed E-state index contributed by atoms with van der Waals surface area (Å²) in [4.78, 5) is 0. The van der Waals surface area contributed by atoms with Crippen LogP contribution >= 0.6 is 11.8 Å². The molecule has 76 valence electrons. The first-order valence-electron chi connectivity index (χ1n) is 4.73. The van der Waals surface area contributed by atoms with Gasteiger partial charge in [0.25, 0.3) is 0 Å². The lowest BCUT2D eigenvalue weighted by atomic mass is 10.1. The van der Waals surface area contributed by atoms with Gasteiger partial charge >= 0.3 is 0 Å². The van der Waals surface area contributed by atoms with Crippen molar-refractivity contribution in [2.45, 2.75) is 12.5 Å². The normalized spacial score (nSPS) is 12.4. The van der Waals surface area contributed by atoms with Crippen LogP contribution in [0.1, 0.15) is 5.56 Å². The molecule has 0 saturated heterocycles. The summed E-state index contributed by atoms with van der Waals surface area (Å²) in [5.74, 6) is 1.69. The van der Waals surface area contributed by atoms with E-state index in [0.717, 1.165) is 17.9 Å². The Morgan fingerprint density at radius 2 is 2.07 bits per heavy atom. The van der Waals surface area contributed by atoms with Crippen LogP contribution in [-0.4, -0.2) is 22.7 Å². The van der Waals surface area contributed by atoms with Gasteiger partial charge in [-0.3, -0.25) is 0 Å². The molecule has 14 heavy (non-hydrogen) atoms. The molecule has 1 nitrogen and oxygen atoms in total. The van der Waals surface area contributed by atoms with Crippen LogP contribution in [0.5, 0.6) is 0 Å². The molecule has 0 aliphatic carbocycles. The maximum Gasteiger partial charge on any atom is 0.0670 e. The number of aliphatic hydroxyl groups excluding tert-OH is 1. The van der Waals surface area contributed by atoms with Crippen molar-refractivity contribution in [3.8, 4) is 0 Å². The first kappa shape index (κ1) is 11.3. The van der Waals surface area contributed by atoms with Crippen LogP contribution < -0.4 is 0 Å². The third kappa shape index (κ3) is 4.49. The van der Waals surface area contributed by atoms with Crippen LogP contribution in [-0.2, 0) is 6.42 Å². The van der Waals surface area contributed by atoms with Crippen LogP contribution in [0.4, 0.5) is 0 Å². The standard InChI is InChI=1S/C12H16OS/c1-2-8-14-10-12(13)9-11-6-4-3-5-7-11/h2-7,12-13H,1,8-10H2. The monoisotopic (exact) mass is 208 g/mol. The minimum absolute atomic E-state index is 0.248. The van der Waals surface area contributed by atoms with E-state index in [1.54, 1.807) is 11.8 Å². The summed E-state index contributed by atoms with van der Waals surface area (Å²) in [6.07, 6.45) is 2.35. The predicted octanol–water partition coefficient (Wildman–Crippen LogP) is 2.51. The fourth-order valence-electron chi connectivity index (χ4n) is 1.23. The molecule has 0 aliphatic heterocycles. The highest BCUT2D eigenvalue weighted by Crippen LogP contribution is 2.08. The summed E-state index contributed by atoms with van der Waals surface area (Å²) in [5, 5.41) is 9.67. The zero-order chi connectivity index (χ0) is 10.2. The van der Waals surface area contributed by atoms with Gasteiger partial charge in [-0.05, 0) is 12.0 Å². The molecule has 1 rings (SSSR count). The molecule has 0 amide bonds. The molecule has 0 saturated carbocycles. The van der Waals surface area contributed by atoms with E-state index in [9.17, 15) is 5.11 Å². The van der Waals surface area contributed by atoms with E-state index >= 15 is 0 Å². The lowest BCUT2D eigenvalue weighted by Gasteiger charge is -2.09. The molecule has 0 spiro atoms. The summed E-state index contributed by atoms with van der Waals surface area (Å²) in [6.45, 7) is 3.64. The molecule has 0 fully saturated rings. The second-order valence-electron chi connectivity index (χ2n) is 3.17. The Morgan fingerprint density at radius 1 is 1.36 bits per heavy atom. The Bertz CT molecular complexity index is 258. The van der Waals surface area contributed by atoms with Gasteiger partial charge in [-0.15, -0.1) is 6.58 Å². The molecule has 0 heterocycles. The Labute approximate surface area is 89.8 Å². The highest BCUT2D eigenvalue weighted by molar-refractivity contribution is 7.99. The molecular formula is C12H16OS. The average Bonchev–Trinajstić information content (AvgIpc) is 2.20. The molecule has 0 radical (unpaired) electrons. The highest BCUT2D eigenvalue weighted by atomic mass is 32.2. The van der Waals surface area contributed by atoms with Crippen LogP contribution in [0.25, 0.3) is 0 Å². The fraction of sp³-hybridized carbons (Fsp3) is 0.333. The van der Waals surface area contributed by atoms with Gasteiger partial charge < -0.3 is 5.11 Å². The lowest BCUT2D eigenvalue weighted by Crippen LogP contribution is -2.13. The number of aliphatic hydroxyl groups is 1. The Balaban J connectivity index is 2.26. The van der Waals surface area contributed by atoms with Crippen molar-refractivity contribution in [3.63, 3.8) is 0 Å². The minimum atomic E-state index is -0.248. The molecule has 0 aromatic heterocycles. The molecule has 2 heteroatoms. The van der Waals surface area contributed by atoms with Gasteiger partial charge in [0.15, 0.2) is 0 Å². The molecule has 1 atom stereocenters. The topological polar surface area (TPSA) is 20.2 Å². The van der Waals surface area contributed by atoms with Crippen LogP contribution in [0.2, 0.25) is 0 Å². The third-order valence-electron chi connectivity index (χ3n) is 1.86. The summed E-state index contributed by atoms with van der Waals surface area (Å²) in [5.41, 5.74) is 1.19. The second-order valence-corrected chi connectivity index (χ2v) is 4.24. The van der Waals surface area contributed by atoms with E-state index in [-0.39, 0.29) is 6.10 Å². The zero-order valence-corrected chi connectivity index (χ0v) is 9.04. The van der Waals surface area contributed by atoms with E-state index in [1.165, 1.54) is 5.56 Å². The smallest absolute Gasteiger partial charge is 0.0670 e. The molecule has 1 aromatic rings. The first-order chi connectivity index (χ1) is 6.83. The van der Waals surface area contributed by atoms with Crippen molar-refractivity contribution in [3.05, 3.63) is 48.6 Å². The maximum atomic E-state index is 9.67. The zero-order valence-electron chi connectivity index (χ0n) is 8.23. The van der Waals surface area contributed by atoms with Crippen molar-refractivity contribution >= 4 is 11.8 Å². The number of benzene rings is 1. The number of rotatable bonds is 6. The van der Waals surface area contributed by atoms with Crippen LogP contribution in [0.3, 0.4) is 0 Å². The van der Waals surface area contributed by atoms with Gasteiger partial charge in [-0.25, -0.2) is 0 Å². The van der Waals surface area contributed by atoms with Crippen molar-refractivity contribution in [1.29, 1.82) is 0 Å². The van der Waals surface area contributed by atoms with E-state index in [4.69, 9.17) is 0 Å². The van der Waals surface area contributed by atoms with Gasteiger partial charge in [0.1, 0.15) is 0 Å². The van der Waals surface area contributed by atoms with E-state index in [1.807, 2.05) is 36.4 Å². The van der Waals surface area contributed by atoms with Gasteiger partial charge in [0.2, 0.25) is 0 Å². The summed E-state index contributed by atoms with van der Waals surface area (Å²) in [7, 11) is 0. The molecule has 1 unspecified atom stereocenters. The van der Waals surface area contributed by atoms with Gasteiger partial charge in [-0.2, -0.15) is 11.8 Å². The number of hydrogen-bond donors (Lipinski definition) is 1. The van der Waals surface area contributed by atoms with Gasteiger partial charge in [0.05, 0.1) is 6.10 Å². The van der Waals surface area contributed by atoms with Gasteiger partial charge in [0, 0.05) is 11.5 Å². The molecule has 1 aromatic carbocycles. The maximum absolute atomic E-state index is 9.67. The Hall–Kier alpha value is -0.730.